The summed E-state index contributed by atoms with van der Waals surface area (Å²) in [4.78, 5) is 9.54. The Morgan fingerprint density at radius 3 is 2.50 bits per heavy atom. The summed E-state index contributed by atoms with van der Waals surface area (Å²) in [5.41, 5.74) is 1.93. The molecule has 1 atom stereocenters. The molecule has 1 N–H and O–H groups in total. The van der Waals surface area contributed by atoms with E-state index < -0.39 is 6.10 Å². The second-order valence-corrected chi connectivity index (χ2v) is 5.87. The Balaban J connectivity index is 2.22. The van der Waals surface area contributed by atoms with Crippen molar-refractivity contribution in [2.45, 2.75) is 30.0 Å². The van der Waals surface area contributed by atoms with Crippen molar-refractivity contribution in [2.24, 2.45) is 0 Å². The Morgan fingerprint density at radius 1 is 1.28 bits per heavy atom. The minimum absolute atomic E-state index is 0.462. The molecule has 1 aromatic carbocycles. The first-order valence-electron chi connectivity index (χ1n) is 5.50. The number of halogens is 1. The molecular formula is C13H13BrN2OS. The van der Waals surface area contributed by atoms with Gasteiger partial charge in [-0.3, -0.25) is 0 Å². The molecule has 1 heterocycles. The zero-order chi connectivity index (χ0) is 13.1. The third kappa shape index (κ3) is 3.31. The van der Waals surface area contributed by atoms with Crippen molar-refractivity contribution >= 4 is 27.7 Å². The second kappa shape index (κ2) is 5.82. The number of nitrogens with zero attached hydrogens (tertiary/aromatic N) is 2. The van der Waals surface area contributed by atoms with Crippen LogP contribution in [0.5, 0.6) is 0 Å². The maximum atomic E-state index is 9.51. The largest absolute Gasteiger partial charge is 0.389 e. The minimum atomic E-state index is -0.462. The summed E-state index contributed by atoms with van der Waals surface area (Å²) in [5, 5.41) is 10.2. The molecule has 18 heavy (non-hydrogen) atoms. The van der Waals surface area contributed by atoms with Gasteiger partial charge in [0.25, 0.3) is 0 Å². The average molecular weight is 325 g/mol. The molecule has 0 amide bonds. The van der Waals surface area contributed by atoms with Gasteiger partial charge in [0, 0.05) is 21.8 Å². The fourth-order valence-electron chi connectivity index (χ4n) is 1.39. The Labute approximate surface area is 119 Å². The Morgan fingerprint density at radius 2 is 1.94 bits per heavy atom. The topological polar surface area (TPSA) is 46.0 Å². The van der Waals surface area contributed by atoms with Gasteiger partial charge in [0.15, 0.2) is 5.16 Å². The van der Waals surface area contributed by atoms with Crippen LogP contribution in [0.3, 0.4) is 0 Å². The number of aliphatic hydroxyl groups is 1. The van der Waals surface area contributed by atoms with Crippen LogP contribution >= 0.6 is 27.7 Å². The van der Waals surface area contributed by atoms with Gasteiger partial charge < -0.3 is 5.11 Å². The van der Waals surface area contributed by atoms with Crippen LogP contribution < -0.4 is 0 Å². The molecule has 0 bridgehead atoms. The summed E-state index contributed by atoms with van der Waals surface area (Å²) in [6, 6.07) is 5.78. The molecule has 1 aromatic heterocycles. The number of hydrogen-bond donors (Lipinski definition) is 1. The summed E-state index contributed by atoms with van der Waals surface area (Å²) in [5.74, 6) is 0. The molecule has 2 aromatic rings. The first kappa shape index (κ1) is 13.5. The number of aryl methyl sites for hydroxylation is 1. The predicted octanol–water partition coefficient (Wildman–Crippen LogP) is 3.75. The van der Waals surface area contributed by atoms with Crippen molar-refractivity contribution in [3.05, 3.63) is 46.2 Å². The second-order valence-electron chi connectivity index (χ2n) is 4.01. The van der Waals surface area contributed by atoms with E-state index in [2.05, 4.69) is 25.9 Å². The van der Waals surface area contributed by atoms with Crippen LogP contribution in [0.25, 0.3) is 0 Å². The highest BCUT2D eigenvalue weighted by Crippen LogP contribution is 2.33. The van der Waals surface area contributed by atoms with E-state index >= 15 is 0 Å². The van der Waals surface area contributed by atoms with E-state index in [1.807, 2.05) is 25.1 Å². The monoisotopic (exact) mass is 324 g/mol. The SMILES string of the molecule is Cc1cnc(Sc2ccc([C@@H](C)O)cc2Br)nc1. The van der Waals surface area contributed by atoms with Crippen LogP contribution in [0.4, 0.5) is 0 Å². The summed E-state index contributed by atoms with van der Waals surface area (Å²) in [6.07, 6.45) is 3.14. The summed E-state index contributed by atoms with van der Waals surface area (Å²) < 4.78 is 0.940. The van der Waals surface area contributed by atoms with Crippen LogP contribution in [-0.2, 0) is 0 Å². The molecule has 0 aliphatic heterocycles. The highest BCUT2D eigenvalue weighted by Gasteiger charge is 2.08. The van der Waals surface area contributed by atoms with E-state index in [-0.39, 0.29) is 0 Å². The van der Waals surface area contributed by atoms with Gasteiger partial charge in [-0.15, -0.1) is 0 Å². The van der Waals surface area contributed by atoms with Crippen LogP contribution in [0, 0.1) is 6.92 Å². The minimum Gasteiger partial charge on any atom is -0.389 e. The van der Waals surface area contributed by atoms with Gasteiger partial charge in [-0.1, -0.05) is 6.07 Å². The lowest BCUT2D eigenvalue weighted by Crippen LogP contribution is -1.92. The molecule has 0 unspecified atom stereocenters. The summed E-state index contributed by atoms with van der Waals surface area (Å²) >= 11 is 4.99. The normalized spacial score (nSPS) is 12.4. The predicted molar refractivity (Wildman–Crippen MR) is 75.7 cm³/mol. The van der Waals surface area contributed by atoms with E-state index in [1.165, 1.54) is 11.8 Å². The zero-order valence-electron chi connectivity index (χ0n) is 10.1. The van der Waals surface area contributed by atoms with E-state index in [1.54, 1.807) is 19.3 Å². The zero-order valence-corrected chi connectivity index (χ0v) is 12.5. The molecular weight excluding hydrogens is 312 g/mol. The van der Waals surface area contributed by atoms with Crippen LogP contribution in [0.2, 0.25) is 0 Å². The average Bonchev–Trinajstić information content (AvgIpc) is 2.34. The molecule has 3 nitrogen and oxygen atoms in total. The van der Waals surface area contributed by atoms with E-state index in [4.69, 9.17) is 0 Å². The van der Waals surface area contributed by atoms with Gasteiger partial charge in [0.05, 0.1) is 6.10 Å². The van der Waals surface area contributed by atoms with E-state index in [0.29, 0.717) is 5.16 Å². The number of rotatable bonds is 3. The Kier molecular flexibility index (Phi) is 4.37. The summed E-state index contributed by atoms with van der Waals surface area (Å²) in [6.45, 7) is 3.71. The van der Waals surface area contributed by atoms with Crippen molar-refractivity contribution < 1.29 is 5.11 Å². The first-order valence-corrected chi connectivity index (χ1v) is 7.11. The van der Waals surface area contributed by atoms with Crippen molar-refractivity contribution in [1.29, 1.82) is 0 Å². The van der Waals surface area contributed by atoms with Gasteiger partial charge >= 0.3 is 0 Å². The lowest BCUT2D eigenvalue weighted by atomic mass is 10.1. The van der Waals surface area contributed by atoms with Gasteiger partial charge in [-0.05, 0) is 64.8 Å². The van der Waals surface area contributed by atoms with Gasteiger partial charge in [0.2, 0.25) is 0 Å². The molecule has 0 aliphatic rings. The summed E-state index contributed by atoms with van der Waals surface area (Å²) in [7, 11) is 0. The fraction of sp³-hybridized carbons (Fsp3) is 0.231. The van der Waals surface area contributed by atoms with E-state index in [0.717, 1.165) is 20.5 Å². The quantitative estimate of drug-likeness (QED) is 0.873. The fourth-order valence-corrected chi connectivity index (χ4v) is 2.73. The molecule has 0 radical (unpaired) electrons. The molecule has 0 saturated carbocycles. The highest BCUT2D eigenvalue weighted by atomic mass is 79.9. The maximum absolute atomic E-state index is 9.51. The van der Waals surface area contributed by atoms with Crippen molar-refractivity contribution in [3.63, 3.8) is 0 Å². The van der Waals surface area contributed by atoms with Gasteiger partial charge in [-0.2, -0.15) is 0 Å². The third-order valence-corrected chi connectivity index (χ3v) is 4.28. The number of aromatic nitrogens is 2. The lowest BCUT2D eigenvalue weighted by molar-refractivity contribution is 0.199. The third-order valence-electron chi connectivity index (χ3n) is 2.40. The highest BCUT2D eigenvalue weighted by molar-refractivity contribution is 9.10. The van der Waals surface area contributed by atoms with Crippen LogP contribution in [0.1, 0.15) is 24.2 Å². The molecule has 0 spiro atoms. The van der Waals surface area contributed by atoms with Gasteiger partial charge in [0.1, 0.15) is 0 Å². The Hall–Kier alpha value is -0.910. The molecule has 94 valence electrons. The van der Waals surface area contributed by atoms with Crippen LogP contribution in [-0.4, -0.2) is 15.1 Å². The van der Waals surface area contributed by atoms with E-state index in [9.17, 15) is 5.11 Å². The van der Waals surface area contributed by atoms with Crippen molar-refractivity contribution in [1.82, 2.24) is 9.97 Å². The molecule has 0 saturated heterocycles. The molecule has 2 rings (SSSR count). The standard InChI is InChI=1S/C13H13BrN2OS/c1-8-6-15-13(16-7-8)18-12-4-3-10(9(2)17)5-11(12)14/h3-7,9,17H,1-2H3/t9-/m1/s1. The molecule has 5 heteroatoms. The lowest BCUT2D eigenvalue weighted by Gasteiger charge is -2.08. The first-order chi connectivity index (χ1) is 8.56. The maximum Gasteiger partial charge on any atom is 0.192 e. The van der Waals surface area contributed by atoms with Crippen molar-refractivity contribution in [3.8, 4) is 0 Å². The Bertz CT molecular complexity index is 543. The van der Waals surface area contributed by atoms with Gasteiger partial charge in [-0.25, -0.2) is 9.97 Å². The molecule has 0 fully saturated rings. The smallest absolute Gasteiger partial charge is 0.192 e. The number of benzene rings is 1. The van der Waals surface area contributed by atoms with Crippen LogP contribution in [0.15, 0.2) is 45.1 Å². The van der Waals surface area contributed by atoms with Crippen molar-refractivity contribution in [2.75, 3.05) is 0 Å². The number of hydrogen-bond acceptors (Lipinski definition) is 4. The number of aliphatic hydroxyl groups excluding tert-OH is 1. The molecule has 0 aliphatic carbocycles.